The van der Waals surface area contributed by atoms with Gasteiger partial charge in [0.2, 0.25) is 0 Å². The molecule has 0 saturated carbocycles. The molecule has 0 spiro atoms. The van der Waals surface area contributed by atoms with E-state index in [1.165, 1.54) is 0 Å². The third kappa shape index (κ3) is 5.85. The highest BCUT2D eigenvalue weighted by Gasteiger charge is 2.22. The summed E-state index contributed by atoms with van der Waals surface area (Å²) in [4.78, 5) is 11.1. The molecule has 7 nitrogen and oxygen atoms in total. The Labute approximate surface area is 101 Å². The van der Waals surface area contributed by atoms with Gasteiger partial charge in [0.25, 0.3) is 0 Å². The first-order valence-electron chi connectivity index (χ1n) is 5.60. The summed E-state index contributed by atoms with van der Waals surface area (Å²) in [6, 6.07) is -0.187. The van der Waals surface area contributed by atoms with Gasteiger partial charge in [0.15, 0.2) is 0 Å². The van der Waals surface area contributed by atoms with Gasteiger partial charge < -0.3 is 10.1 Å². The van der Waals surface area contributed by atoms with Gasteiger partial charge in [0, 0.05) is 12.6 Å². The van der Waals surface area contributed by atoms with E-state index in [4.69, 9.17) is 4.74 Å². The Morgan fingerprint density at radius 1 is 1.47 bits per heavy atom. The van der Waals surface area contributed by atoms with Crippen LogP contribution < -0.4 is 14.8 Å². The molecule has 0 aromatic carbocycles. The van der Waals surface area contributed by atoms with Crippen LogP contribution in [0.15, 0.2) is 0 Å². The molecule has 1 atom stereocenters. The van der Waals surface area contributed by atoms with Crippen LogP contribution in [0.2, 0.25) is 0 Å². The predicted octanol–water partition coefficient (Wildman–Crippen LogP) is -0.293. The van der Waals surface area contributed by atoms with Gasteiger partial charge >= 0.3 is 16.3 Å². The normalized spacial score (nSPS) is 21.2. The first-order valence-corrected chi connectivity index (χ1v) is 7.09. The summed E-state index contributed by atoms with van der Waals surface area (Å²) < 4.78 is 32.0. The van der Waals surface area contributed by atoms with Crippen LogP contribution in [0.5, 0.6) is 0 Å². The van der Waals surface area contributed by atoms with Gasteiger partial charge in [-0.1, -0.05) is 0 Å². The van der Waals surface area contributed by atoms with Gasteiger partial charge in [0.1, 0.15) is 0 Å². The van der Waals surface area contributed by atoms with Crippen molar-refractivity contribution in [2.24, 2.45) is 0 Å². The molecule has 8 heteroatoms. The van der Waals surface area contributed by atoms with Gasteiger partial charge in [-0.3, -0.25) is 0 Å². The number of amides is 1. The molecule has 0 aromatic heterocycles. The average molecular weight is 265 g/mol. The summed E-state index contributed by atoms with van der Waals surface area (Å²) >= 11 is 0. The Morgan fingerprint density at radius 2 is 2.18 bits per heavy atom. The summed E-state index contributed by atoms with van der Waals surface area (Å²) in [5.41, 5.74) is 0. The van der Waals surface area contributed by atoms with E-state index in [1.807, 2.05) is 4.72 Å². The largest absolute Gasteiger partial charge is 0.446 e. The Balaban J connectivity index is 2.42. The molecule has 0 aliphatic carbocycles. The maximum Gasteiger partial charge on any atom is 0.422 e. The maximum absolute atomic E-state index is 11.5. The Kier molecular flexibility index (Phi) is 5.16. The quantitative estimate of drug-likeness (QED) is 0.649. The topological polar surface area (TPSA) is 96.5 Å². The molecule has 0 unspecified atom stereocenters. The second-order valence-electron chi connectivity index (χ2n) is 4.22. The lowest BCUT2D eigenvalue weighted by molar-refractivity contribution is 0.121. The highest BCUT2D eigenvalue weighted by Crippen LogP contribution is 2.02. The molecule has 0 bridgehead atoms. The molecule has 3 N–H and O–H groups in total. The first kappa shape index (κ1) is 14.2. The standard InChI is InChI=1S/C9H19N3O4S/c1-7(2)16-9(13)12-17(14,15)11-8-4-3-5-10-6-8/h7-8,10-11H,3-6H2,1-2H3,(H,12,13)/t8-/m1/s1. The van der Waals surface area contributed by atoms with Crippen molar-refractivity contribution in [1.82, 2.24) is 14.8 Å². The minimum Gasteiger partial charge on any atom is -0.446 e. The fourth-order valence-corrected chi connectivity index (χ4v) is 2.52. The molecule has 100 valence electrons. The van der Waals surface area contributed by atoms with Crippen molar-refractivity contribution in [2.75, 3.05) is 13.1 Å². The molecular weight excluding hydrogens is 246 g/mol. The van der Waals surface area contributed by atoms with Crippen molar-refractivity contribution in [3.8, 4) is 0 Å². The number of hydrogen-bond donors (Lipinski definition) is 3. The average Bonchev–Trinajstić information content (AvgIpc) is 2.15. The van der Waals surface area contributed by atoms with Gasteiger partial charge in [0.05, 0.1) is 6.10 Å². The molecule has 1 aliphatic rings. The van der Waals surface area contributed by atoms with Crippen molar-refractivity contribution in [2.45, 2.75) is 38.8 Å². The van der Waals surface area contributed by atoms with Crippen LogP contribution in [0.25, 0.3) is 0 Å². The van der Waals surface area contributed by atoms with Crippen LogP contribution in [-0.4, -0.2) is 39.7 Å². The lowest BCUT2D eigenvalue weighted by Gasteiger charge is -2.23. The van der Waals surface area contributed by atoms with Crippen molar-refractivity contribution < 1.29 is 17.9 Å². The van der Waals surface area contributed by atoms with Gasteiger partial charge in [-0.25, -0.2) is 9.52 Å². The van der Waals surface area contributed by atoms with E-state index in [0.717, 1.165) is 19.4 Å². The van der Waals surface area contributed by atoms with Crippen molar-refractivity contribution in [3.63, 3.8) is 0 Å². The predicted molar refractivity (Wildman–Crippen MR) is 62.7 cm³/mol. The first-order chi connectivity index (χ1) is 7.89. The zero-order valence-electron chi connectivity index (χ0n) is 10.0. The van der Waals surface area contributed by atoms with Gasteiger partial charge in [-0.2, -0.15) is 13.1 Å². The highest BCUT2D eigenvalue weighted by molar-refractivity contribution is 7.88. The molecule has 1 fully saturated rings. The maximum atomic E-state index is 11.5. The molecular formula is C9H19N3O4S. The van der Waals surface area contributed by atoms with E-state index < -0.39 is 16.3 Å². The van der Waals surface area contributed by atoms with Gasteiger partial charge in [-0.05, 0) is 33.2 Å². The minimum atomic E-state index is -3.84. The van der Waals surface area contributed by atoms with Crippen LogP contribution in [0.1, 0.15) is 26.7 Å². The molecule has 0 radical (unpaired) electrons. The Bertz CT molecular complexity index is 349. The van der Waals surface area contributed by atoms with Crippen molar-refractivity contribution in [1.29, 1.82) is 0 Å². The third-order valence-corrected chi connectivity index (χ3v) is 3.26. The molecule has 0 aromatic rings. The number of piperidine rings is 1. The lowest BCUT2D eigenvalue weighted by atomic mass is 10.1. The summed E-state index contributed by atoms with van der Waals surface area (Å²) in [7, 11) is -3.84. The zero-order chi connectivity index (χ0) is 12.9. The second kappa shape index (κ2) is 6.18. The highest BCUT2D eigenvalue weighted by atomic mass is 32.2. The number of rotatable bonds is 4. The Hall–Kier alpha value is -0.860. The second-order valence-corrected chi connectivity index (χ2v) is 5.67. The van der Waals surface area contributed by atoms with Crippen LogP contribution in [0.3, 0.4) is 0 Å². The van der Waals surface area contributed by atoms with Crippen LogP contribution in [0, 0.1) is 0 Å². The van der Waals surface area contributed by atoms with Crippen LogP contribution in [0.4, 0.5) is 4.79 Å². The molecule has 1 aliphatic heterocycles. The minimum absolute atomic E-state index is 0.187. The van der Waals surface area contributed by atoms with Crippen molar-refractivity contribution >= 4 is 16.3 Å². The molecule has 17 heavy (non-hydrogen) atoms. The fraction of sp³-hybridized carbons (Fsp3) is 0.889. The van der Waals surface area contributed by atoms with E-state index in [2.05, 4.69) is 10.0 Å². The third-order valence-electron chi connectivity index (χ3n) is 2.18. The smallest absolute Gasteiger partial charge is 0.422 e. The molecule has 1 heterocycles. The van der Waals surface area contributed by atoms with E-state index in [1.54, 1.807) is 13.8 Å². The molecule has 1 saturated heterocycles. The monoisotopic (exact) mass is 265 g/mol. The van der Waals surface area contributed by atoms with Gasteiger partial charge in [-0.15, -0.1) is 0 Å². The fourth-order valence-electron chi connectivity index (χ4n) is 1.55. The van der Waals surface area contributed by atoms with E-state index in [0.29, 0.717) is 6.54 Å². The van der Waals surface area contributed by atoms with E-state index in [-0.39, 0.29) is 12.1 Å². The summed E-state index contributed by atoms with van der Waals surface area (Å²) in [5, 5.41) is 3.07. The number of carbonyl (C=O) groups excluding carboxylic acids is 1. The SMILES string of the molecule is CC(C)OC(=O)NS(=O)(=O)N[C@@H]1CCCNC1. The van der Waals surface area contributed by atoms with Crippen LogP contribution in [-0.2, 0) is 14.9 Å². The molecule has 1 amide bonds. The van der Waals surface area contributed by atoms with Crippen molar-refractivity contribution in [3.05, 3.63) is 0 Å². The zero-order valence-corrected chi connectivity index (χ0v) is 10.8. The number of hydrogen-bond acceptors (Lipinski definition) is 5. The number of nitrogens with one attached hydrogen (secondary N) is 3. The van der Waals surface area contributed by atoms with E-state index in [9.17, 15) is 13.2 Å². The van der Waals surface area contributed by atoms with Crippen LogP contribution >= 0.6 is 0 Å². The number of ether oxygens (including phenoxy) is 1. The summed E-state index contributed by atoms with van der Waals surface area (Å²) in [6.45, 7) is 4.75. The number of carbonyl (C=O) groups is 1. The van der Waals surface area contributed by atoms with E-state index >= 15 is 0 Å². The summed E-state index contributed by atoms with van der Waals surface area (Å²) in [5.74, 6) is 0. The lowest BCUT2D eigenvalue weighted by Crippen LogP contribution is -2.50. The Morgan fingerprint density at radius 3 is 2.71 bits per heavy atom. The summed E-state index contributed by atoms with van der Waals surface area (Å²) in [6.07, 6.45) is 0.342. The molecule has 1 rings (SSSR count).